The lowest BCUT2D eigenvalue weighted by Crippen LogP contribution is -2.54. The van der Waals surface area contributed by atoms with Crippen molar-refractivity contribution in [2.45, 2.75) is 52.5 Å². The molecule has 10 nitrogen and oxygen atoms in total. The number of hydrogen-bond donors (Lipinski definition) is 2. The number of aromatic nitrogens is 1. The van der Waals surface area contributed by atoms with Crippen molar-refractivity contribution < 1.29 is 28.4 Å². The molecule has 1 spiro atoms. The van der Waals surface area contributed by atoms with E-state index in [1.165, 1.54) is 6.07 Å². The van der Waals surface area contributed by atoms with Gasteiger partial charge in [-0.15, -0.1) is 0 Å². The van der Waals surface area contributed by atoms with E-state index in [2.05, 4.69) is 29.6 Å². The molecule has 1 aliphatic heterocycles. The number of imide groups is 1. The number of carbonyl (C=O) groups is 4. The van der Waals surface area contributed by atoms with Gasteiger partial charge in [0.1, 0.15) is 17.8 Å². The number of ether oxygens (including phenoxy) is 1. The van der Waals surface area contributed by atoms with Crippen molar-refractivity contribution >= 4 is 29.6 Å². The third kappa shape index (κ3) is 4.57. The van der Waals surface area contributed by atoms with Gasteiger partial charge in [0.05, 0.1) is 0 Å². The second-order valence-electron chi connectivity index (χ2n) is 8.79. The zero-order valence-electron chi connectivity index (χ0n) is 17.0. The fourth-order valence-electron chi connectivity index (χ4n) is 4.57. The third-order valence-corrected chi connectivity index (χ3v) is 5.17. The van der Waals surface area contributed by atoms with Crippen LogP contribution < -0.4 is 10.6 Å². The van der Waals surface area contributed by atoms with Crippen LogP contribution in [0.4, 0.5) is 10.6 Å². The third-order valence-electron chi connectivity index (χ3n) is 5.17. The highest BCUT2D eigenvalue weighted by Crippen LogP contribution is 2.46. The summed E-state index contributed by atoms with van der Waals surface area (Å²) in [5.41, 5.74) is -1.09. The summed E-state index contributed by atoms with van der Waals surface area (Å²) in [5.74, 6) is -0.887. The van der Waals surface area contributed by atoms with Gasteiger partial charge in [0.2, 0.25) is 0 Å². The first-order valence-electron chi connectivity index (χ1n) is 9.53. The van der Waals surface area contributed by atoms with E-state index in [-0.39, 0.29) is 17.2 Å². The molecular weight excluding hydrogens is 380 g/mol. The van der Waals surface area contributed by atoms with Crippen LogP contribution in [-0.4, -0.2) is 52.6 Å². The normalized spacial score (nSPS) is 25.8. The molecule has 1 saturated carbocycles. The van der Waals surface area contributed by atoms with Crippen molar-refractivity contribution in [2.75, 3.05) is 18.5 Å². The fraction of sp³-hybridized carbons (Fsp3) is 0.632. The molecule has 2 N–H and O–H groups in total. The zero-order chi connectivity index (χ0) is 21.4. The summed E-state index contributed by atoms with van der Waals surface area (Å²) in [7, 11) is 0. The molecule has 0 aromatic carbocycles. The van der Waals surface area contributed by atoms with Crippen molar-refractivity contribution in [1.82, 2.24) is 15.4 Å². The Labute approximate surface area is 168 Å². The Balaban J connectivity index is 1.55. The average molecular weight is 406 g/mol. The van der Waals surface area contributed by atoms with Crippen molar-refractivity contribution in [3.63, 3.8) is 0 Å². The molecule has 1 aromatic heterocycles. The van der Waals surface area contributed by atoms with E-state index in [1.54, 1.807) is 6.92 Å². The van der Waals surface area contributed by atoms with Crippen molar-refractivity contribution in [1.29, 1.82) is 0 Å². The summed E-state index contributed by atoms with van der Waals surface area (Å²) in [6, 6.07) is 0.901. The maximum atomic E-state index is 13.0. The number of amides is 4. The van der Waals surface area contributed by atoms with Crippen LogP contribution in [0.25, 0.3) is 0 Å². The average Bonchev–Trinajstić information content (AvgIpc) is 3.07. The molecule has 1 saturated heterocycles. The van der Waals surface area contributed by atoms with Crippen LogP contribution in [0.15, 0.2) is 10.6 Å². The van der Waals surface area contributed by atoms with Crippen LogP contribution in [0.3, 0.4) is 0 Å². The standard InChI is InChI=1S/C19H26N4O6/c1-11-6-18(3,4)10-19(7-11)16(26)23(17(27)21-19)8-15(25)28-9-14(24)20-13-5-12(2)29-22-13/h5,11H,6-10H2,1-4H3,(H,21,27)(H,20,22,24)/t11-,19-/m1/s1. The molecule has 2 heterocycles. The largest absolute Gasteiger partial charge is 0.454 e. The molecule has 4 amide bonds. The smallest absolute Gasteiger partial charge is 0.326 e. The van der Waals surface area contributed by atoms with Gasteiger partial charge in [-0.05, 0) is 37.5 Å². The number of urea groups is 1. The van der Waals surface area contributed by atoms with Crippen molar-refractivity contribution in [2.24, 2.45) is 11.3 Å². The number of hydrogen-bond acceptors (Lipinski definition) is 7. The maximum Gasteiger partial charge on any atom is 0.326 e. The second kappa shape index (κ2) is 7.49. The molecule has 1 aliphatic carbocycles. The Morgan fingerprint density at radius 3 is 2.72 bits per heavy atom. The van der Waals surface area contributed by atoms with Gasteiger partial charge >= 0.3 is 12.0 Å². The molecule has 29 heavy (non-hydrogen) atoms. The van der Waals surface area contributed by atoms with Crippen LogP contribution >= 0.6 is 0 Å². The van der Waals surface area contributed by atoms with Gasteiger partial charge < -0.3 is 19.9 Å². The number of nitrogens with one attached hydrogen (secondary N) is 2. The Morgan fingerprint density at radius 2 is 2.10 bits per heavy atom. The number of nitrogens with zero attached hydrogens (tertiary/aromatic N) is 2. The van der Waals surface area contributed by atoms with Crippen LogP contribution in [0, 0.1) is 18.3 Å². The van der Waals surface area contributed by atoms with Gasteiger partial charge in [-0.25, -0.2) is 4.79 Å². The maximum absolute atomic E-state index is 13.0. The Kier molecular flexibility index (Phi) is 5.38. The molecule has 158 valence electrons. The Hall–Kier alpha value is -2.91. The first-order valence-corrected chi connectivity index (χ1v) is 9.53. The van der Waals surface area contributed by atoms with E-state index >= 15 is 0 Å². The number of rotatable bonds is 5. The van der Waals surface area contributed by atoms with Gasteiger partial charge in [-0.2, -0.15) is 0 Å². The fourth-order valence-corrected chi connectivity index (χ4v) is 4.57. The predicted octanol–water partition coefficient (Wildman–Crippen LogP) is 1.60. The van der Waals surface area contributed by atoms with E-state index in [1.807, 2.05) is 6.92 Å². The highest BCUT2D eigenvalue weighted by molar-refractivity contribution is 6.09. The lowest BCUT2D eigenvalue weighted by molar-refractivity contribution is -0.150. The van der Waals surface area contributed by atoms with Crippen LogP contribution in [-0.2, 0) is 19.1 Å². The second-order valence-corrected chi connectivity index (χ2v) is 8.79. The summed E-state index contributed by atoms with van der Waals surface area (Å²) in [6.45, 7) is 6.74. The molecule has 1 aromatic rings. The molecule has 0 unspecified atom stereocenters. The summed E-state index contributed by atoms with van der Waals surface area (Å²) in [4.78, 5) is 50.1. The van der Waals surface area contributed by atoms with Gasteiger partial charge in [-0.1, -0.05) is 25.9 Å². The van der Waals surface area contributed by atoms with E-state index in [0.717, 1.165) is 11.3 Å². The summed E-state index contributed by atoms with van der Waals surface area (Å²) in [5, 5.41) is 8.80. The van der Waals surface area contributed by atoms with Gasteiger partial charge in [0.25, 0.3) is 11.8 Å². The van der Waals surface area contributed by atoms with Crippen LogP contribution in [0.1, 0.15) is 45.8 Å². The molecule has 0 radical (unpaired) electrons. The molecule has 10 heteroatoms. The minimum Gasteiger partial charge on any atom is -0.454 e. The Morgan fingerprint density at radius 1 is 1.38 bits per heavy atom. The first kappa shape index (κ1) is 20.8. The van der Waals surface area contributed by atoms with Gasteiger partial charge in [-0.3, -0.25) is 19.3 Å². The summed E-state index contributed by atoms with van der Waals surface area (Å²) < 4.78 is 9.72. The molecule has 0 bridgehead atoms. The van der Waals surface area contributed by atoms with Gasteiger partial charge in [0, 0.05) is 6.07 Å². The topological polar surface area (TPSA) is 131 Å². The summed E-state index contributed by atoms with van der Waals surface area (Å²) >= 11 is 0. The van der Waals surface area contributed by atoms with Crippen molar-refractivity contribution in [3.8, 4) is 0 Å². The summed E-state index contributed by atoms with van der Waals surface area (Å²) in [6.07, 6.45) is 2.01. The zero-order valence-corrected chi connectivity index (χ0v) is 17.0. The lowest BCUT2D eigenvalue weighted by Gasteiger charge is -2.43. The van der Waals surface area contributed by atoms with Crippen LogP contribution in [0.5, 0.6) is 0 Å². The number of esters is 1. The highest BCUT2D eigenvalue weighted by Gasteiger charge is 2.56. The first-order chi connectivity index (χ1) is 13.5. The SMILES string of the molecule is Cc1cc(NC(=O)COC(=O)CN2C(=O)N[C@@]3(C[C@H](C)CC(C)(C)C3)C2=O)no1. The molecule has 2 aliphatic rings. The Bertz CT molecular complexity index is 848. The molecule has 2 atom stereocenters. The number of aryl methyl sites for hydroxylation is 1. The predicted molar refractivity (Wildman–Crippen MR) is 101 cm³/mol. The lowest BCUT2D eigenvalue weighted by atomic mass is 9.64. The van der Waals surface area contributed by atoms with E-state index in [4.69, 9.17) is 9.26 Å². The number of carbonyl (C=O) groups excluding carboxylic acids is 4. The minimum atomic E-state index is -0.985. The van der Waals surface area contributed by atoms with E-state index in [9.17, 15) is 19.2 Å². The molecule has 3 rings (SSSR count). The van der Waals surface area contributed by atoms with E-state index in [0.29, 0.717) is 18.6 Å². The van der Waals surface area contributed by atoms with Gasteiger partial charge in [0.15, 0.2) is 12.4 Å². The number of anilines is 1. The minimum absolute atomic E-state index is 0.102. The van der Waals surface area contributed by atoms with Crippen molar-refractivity contribution in [3.05, 3.63) is 11.8 Å². The van der Waals surface area contributed by atoms with Crippen LogP contribution in [0.2, 0.25) is 0 Å². The monoisotopic (exact) mass is 406 g/mol. The molecular formula is C19H26N4O6. The molecule has 2 fully saturated rings. The highest BCUT2D eigenvalue weighted by atomic mass is 16.5. The van der Waals surface area contributed by atoms with E-state index < -0.39 is 42.5 Å². The quantitative estimate of drug-likeness (QED) is 0.561.